The zero-order valence-electron chi connectivity index (χ0n) is 1.50. The molecule has 0 nitrogen and oxygen atoms in total. The third-order valence-electron chi connectivity index (χ3n) is 0. The van der Waals surface area contributed by atoms with Gasteiger partial charge in [0, 0.05) is 0 Å². The van der Waals surface area contributed by atoms with Gasteiger partial charge in [-0.05, 0) is 0 Å². The molecular weight excluding hydrogens is 162 g/mol. The Kier molecular flexibility index (Phi) is 3.37. The zero-order chi connectivity index (χ0) is 3.58. The number of rotatable bonds is 0. The molecule has 0 N–H and O–H groups in total. The number of hydrogen-bond donors (Lipinski definition) is 0. The Morgan fingerprint density at radius 2 is 1.50 bits per heavy atom. The molecule has 0 amide bonds. The van der Waals surface area contributed by atoms with Gasteiger partial charge >= 0.3 is 41.1 Å². The van der Waals surface area contributed by atoms with Crippen molar-refractivity contribution in [2.45, 2.75) is 0 Å². The van der Waals surface area contributed by atoms with E-state index in [1.165, 1.54) is 0 Å². The summed E-state index contributed by atoms with van der Waals surface area (Å²) in [5.41, 5.74) is 0. The molecule has 4 heavy (non-hydrogen) atoms. The SMILES string of the molecule is [S]=[Co]([Cl])[Cl]. The van der Waals surface area contributed by atoms with E-state index in [0.29, 0.717) is 0 Å². The molecule has 0 atom stereocenters. The van der Waals surface area contributed by atoms with Crippen LogP contribution in [0.15, 0.2) is 0 Å². The summed E-state index contributed by atoms with van der Waals surface area (Å²) in [5.74, 6) is 0. The van der Waals surface area contributed by atoms with Gasteiger partial charge in [0.2, 0.25) is 0 Å². The van der Waals surface area contributed by atoms with Gasteiger partial charge in [0.15, 0.2) is 0 Å². The fraction of sp³-hybridized carbons (Fsp3) is 0. The number of halogens is 2. The monoisotopic (exact) mass is 161 g/mol. The molecule has 29 valence electrons. The van der Waals surface area contributed by atoms with Crippen LogP contribution in [-0.2, 0) is 10.2 Å². The molecule has 0 fully saturated rings. The minimum atomic E-state index is -1.08. The first-order valence-corrected chi connectivity index (χ1v) is 4.80. The summed E-state index contributed by atoms with van der Waals surface area (Å²) >= 11 is 0. The molecule has 0 spiro atoms. The van der Waals surface area contributed by atoms with Crippen LogP contribution in [0.5, 0.6) is 0 Å². The van der Waals surface area contributed by atoms with E-state index >= 15 is 0 Å². The molecule has 0 bridgehead atoms. The second-order valence-electron chi connectivity index (χ2n) is 0.150. The molecule has 0 rings (SSSR count). The molecule has 0 aliphatic rings. The molecule has 0 aromatic rings. The Labute approximate surface area is 41.2 Å². The first-order valence-electron chi connectivity index (χ1n) is 0.388. The first-order chi connectivity index (χ1) is 1.73. The molecule has 4 heteroatoms. The van der Waals surface area contributed by atoms with Crippen LogP contribution in [0, 0.1) is 0 Å². The van der Waals surface area contributed by atoms with Gasteiger partial charge in [0.1, 0.15) is 0 Å². The van der Waals surface area contributed by atoms with Gasteiger partial charge in [0.05, 0.1) is 0 Å². The molecule has 0 saturated carbocycles. The van der Waals surface area contributed by atoms with E-state index in [1.807, 2.05) is 0 Å². The van der Waals surface area contributed by atoms with Crippen molar-refractivity contribution in [1.82, 2.24) is 0 Å². The van der Waals surface area contributed by atoms with Crippen LogP contribution in [0.1, 0.15) is 0 Å². The van der Waals surface area contributed by atoms with Crippen LogP contribution >= 0.6 is 30.9 Å². The molecule has 0 aromatic heterocycles. The third kappa shape index (κ3) is 10.3. The van der Waals surface area contributed by atoms with Gasteiger partial charge in [-0.25, -0.2) is 0 Å². The Bertz CT molecular complexity index is 29.0. The summed E-state index contributed by atoms with van der Waals surface area (Å²) in [6.45, 7) is 0. The summed E-state index contributed by atoms with van der Waals surface area (Å²) in [6.07, 6.45) is 0. The summed E-state index contributed by atoms with van der Waals surface area (Å²) in [6, 6.07) is 0. The van der Waals surface area contributed by atoms with Gasteiger partial charge in [-0.3, -0.25) is 0 Å². The van der Waals surface area contributed by atoms with Crippen LogP contribution in [0.25, 0.3) is 0 Å². The predicted molar refractivity (Wildman–Crippen MR) is 19.3 cm³/mol. The van der Waals surface area contributed by atoms with Gasteiger partial charge in [-0.15, -0.1) is 0 Å². The Morgan fingerprint density at radius 1 is 1.50 bits per heavy atom. The second-order valence-corrected chi connectivity index (χ2v) is 5.58. The van der Waals surface area contributed by atoms with Crippen LogP contribution in [0.3, 0.4) is 0 Å². The van der Waals surface area contributed by atoms with Crippen molar-refractivity contribution in [1.29, 1.82) is 0 Å². The summed E-state index contributed by atoms with van der Waals surface area (Å²) in [5, 5.41) is 0. The van der Waals surface area contributed by atoms with Crippen molar-refractivity contribution in [2.24, 2.45) is 0 Å². The number of hydrogen-bond acceptors (Lipinski definition) is 1. The molecule has 0 saturated heterocycles. The van der Waals surface area contributed by atoms with Crippen LogP contribution < -0.4 is 0 Å². The van der Waals surface area contributed by atoms with Gasteiger partial charge in [-0.2, -0.15) is 0 Å². The van der Waals surface area contributed by atoms with Crippen molar-refractivity contribution < 1.29 is 10.2 Å². The topological polar surface area (TPSA) is 0 Å². The molecular formula is Cl2CoS. The normalized spacial score (nSPS) is 11.0. The Balaban J connectivity index is 2.80. The minimum absolute atomic E-state index is 1.08. The molecule has 0 heterocycles. The van der Waals surface area contributed by atoms with Crippen LogP contribution in [0.2, 0.25) is 0 Å². The molecule has 0 unspecified atom stereocenters. The van der Waals surface area contributed by atoms with E-state index in [1.54, 1.807) is 0 Å². The van der Waals surface area contributed by atoms with E-state index < -0.39 is 10.2 Å². The van der Waals surface area contributed by atoms with Gasteiger partial charge in [-0.1, -0.05) is 0 Å². The van der Waals surface area contributed by atoms with E-state index in [-0.39, 0.29) is 0 Å². The predicted octanol–water partition coefficient (Wildman–Crippen LogP) is 2.02. The fourth-order valence-electron chi connectivity index (χ4n) is 0. The van der Waals surface area contributed by atoms with Crippen molar-refractivity contribution in [3.8, 4) is 0 Å². The average Bonchev–Trinajstić information content (AvgIpc) is 0.811. The maximum atomic E-state index is 4.92. The van der Waals surface area contributed by atoms with E-state index in [2.05, 4.69) is 10.6 Å². The van der Waals surface area contributed by atoms with Crippen molar-refractivity contribution >= 4 is 30.9 Å². The van der Waals surface area contributed by atoms with Crippen LogP contribution in [0.4, 0.5) is 0 Å². The third-order valence-corrected chi connectivity index (χ3v) is 0. The first kappa shape index (κ1) is 5.31. The second kappa shape index (κ2) is 2.54. The van der Waals surface area contributed by atoms with E-state index in [9.17, 15) is 0 Å². The fourth-order valence-corrected chi connectivity index (χ4v) is 0. The quantitative estimate of drug-likeness (QED) is 0.524. The molecule has 0 aromatic carbocycles. The zero-order valence-corrected chi connectivity index (χ0v) is 4.87. The van der Waals surface area contributed by atoms with Crippen molar-refractivity contribution in [2.75, 3.05) is 0 Å². The average molecular weight is 162 g/mol. The molecule has 0 aliphatic carbocycles. The molecule has 0 aliphatic heterocycles. The molecule has 0 radical (unpaired) electrons. The van der Waals surface area contributed by atoms with Crippen molar-refractivity contribution in [3.63, 3.8) is 0 Å². The van der Waals surface area contributed by atoms with Gasteiger partial charge in [0.25, 0.3) is 0 Å². The van der Waals surface area contributed by atoms with Crippen molar-refractivity contribution in [3.05, 3.63) is 0 Å². The summed E-state index contributed by atoms with van der Waals surface area (Å²) in [7, 11) is 13.0. The van der Waals surface area contributed by atoms with Crippen LogP contribution in [-0.4, -0.2) is 0 Å². The Hall–Kier alpha value is 1.31. The Morgan fingerprint density at radius 3 is 1.50 bits per heavy atom. The summed E-state index contributed by atoms with van der Waals surface area (Å²) < 4.78 is 0. The summed E-state index contributed by atoms with van der Waals surface area (Å²) in [4.78, 5) is 0. The van der Waals surface area contributed by atoms with E-state index in [4.69, 9.17) is 20.3 Å². The van der Waals surface area contributed by atoms with Gasteiger partial charge < -0.3 is 0 Å². The standard InChI is InChI=1S/2ClH.Co.S/h2*1H;;/q;;+2;/p-2. The van der Waals surface area contributed by atoms with E-state index in [0.717, 1.165) is 0 Å². The maximum absolute atomic E-state index is 4.92.